The van der Waals surface area contributed by atoms with Crippen LogP contribution in [0.3, 0.4) is 0 Å². The van der Waals surface area contributed by atoms with E-state index in [1.807, 2.05) is 24.3 Å². The van der Waals surface area contributed by atoms with Crippen LogP contribution in [0.4, 0.5) is 10.5 Å². The van der Waals surface area contributed by atoms with Gasteiger partial charge in [-0.05, 0) is 32.4 Å². The number of carbonyl (C=O) groups is 3. The minimum atomic E-state index is -0.652. The number of nitrogens with zero attached hydrogens (tertiary/aromatic N) is 2. The zero-order chi connectivity index (χ0) is 21.2. The molecule has 2 aromatic rings. The van der Waals surface area contributed by atoms with Crippen LogP contribution in [-0.4, -0.2) is 47.2 Å². The molecule has 1 aliphatic rings. The molecule has 0 bridgehead atoms. The summed E-state index contributed by atoms with van der Waals surface area (Å²) in [5, 5.41) is 2.45. The minimum Gasteiger partial charge on any atom is -0.468 e. The van der Waals surface area contributed by atoms with Gasteiger partial charge >= 0.3 is 12.1 Å². The number of methoxy groups -OCH3 is 1. The second-order valence-electron chi connectivity index (χ2n) is 7.64. The van der Waals surface area contributed by atoms with Crippen molar-refractivity contribution in [2.45, 2.75) is 38.8 Å². The van der Waals surface area contributed by atoms with Crippen molar-refractivity contribution in [2.75, 3.05) is 18.6 Å². The average molecular weight is 400 g/mol. The van der Waals surface area contributed by atoms with Crippen molar-refractivity contribution in [3.63, 3.8) is 0 Å². The number of benzene rings is 1. The van der Waals surface area contributed by atoms with Gasteiger partial charge in [-0.3, -0.25) is 14.5 Å². The van der Waals surface area contributed by atoms with Crippen molar-refractivity contribution in [1.82, 2.24) is 15.3 Å². The first kappa shape index (κ1) is 20.4. The van der Waals surface area contributed by atoms with Gasteiger partial charge in [0, 0.05) is 6.42 Å². The van der Waals surface area contributed by atoms with E-state index in [0.717, 1.165) is 11.3 Å². The van der Waals surface area contributed by atoms with Gasteiger partial charge in [0.2, 0.25) is 0 Å². The summed E-state index contributed by atoms with van der Waals surface area (Å²) < 4.78 is 10.1. The van der Waals surface area contributed by atoms with Crippen molar-refractivity contribution in [2.24, 2.45) is 0 Å². The highest BCUT2D eigenvalue weighted by molar-refractivity contribution is 5.94. The van der Waals surface area contributed by atoms with Gasteiger partial charge in [-0.1, -0.05) is 18.2 Å². The molecular weight excluding hydrogens is 376 g/mol. The summed E-state index contributed by atoms with van der Waals surface area (Å²) in [5.74, 6) is -0.593. The molecule has 9 nitrogen and oxygen atoms in total. The van der Waals surface area contributed by atoms with Crippen LogP contribution in [0, 0.1) is 0 Å². The summed E-state index contributed by atoms with van der Waals surface area (Å²) in [5.41, 5.74) is 1.27. The lowest BCUT2D eigenvalue weighted by Crippen LogP contribution is -2.38. The molecule has 9 heteroatoms. The minimum absolute atomic E-state index is 0.184. The predicted octanol–water partition coefficient (Wildman–Crippen LogP) is 2.35. The van der Waals surface area contributed by atoms with Crippen LogP contribution in [0.2, 0.25) is 0 Å². The normalized spacial score (nSPS) is 15.6. The molecule has 1 aromatic heterocycles. The Balaban J connectivity index is 1.84. The summed E-state index contributed by atoms with van der Waals surface area (Å²) in [6.07, 6.45) is 1.42. The van der Waals surface area contributed by atoms with Crippen LogP contribution in [0.1, 0.15) is 48.7 Å². The Morgan fingerprint density at radius 2 is 2.00 bits per heavy atom. The molecule has 0 spiro atoms. The first-order valence-corrected chi connectivity index (χ1v) is 9.19. The maximum Gasteiger partial charge on any atom is 0.415 e. The number of ether oxygens (including phenoxy) is 2. The van der Waals surface area contributed by atoms with Gasteiger partial charge in [0.25, 0.3) is 5.91 Å². The zero-order valence-corrected chi connectivity index (χ0v) is 16.8. The molecule has 1 aliphatic heterocycles. The molecule has 1 atom stereocenters. The molecule has 154 valence electrons. The van der Waals surface area contributed by atoms with Gasteiger partial charge in [-0.2, -0.15) is 0 Å². The summed E-state index contributed by atoms with van der Waals surface area (Å²) >= 11 is 0. The fourth-order valence-corrected chi connectivity index (χ4v) is 3.08. The molecule has 0 radical (unpaired) electrons. The van der Waals surface area contributed by atoms with Crippen LogP contribution in [0.15, 0.2) is 30.5 Å². The molecule has 0 fully saturated rings. The van der Waals surface area contributed by atoms with E-state index < -0.39 is 29.6 Å². The standard InChI is InChI=1S/C20H24N4O5/c1-20(2,3)29-19(27)24-14-8-6-5-7-12(14)9-15(24)17-21-10-13(23-17)18(26)22-11-16(25)28-4/h5-8,10,15H,9,11H2,1-4H3,(H,21,23)(H,22,26). The summed E-state index contributed by atoms with van der Waals surface area (Å²) in [4.78, 5) is 45.1. The Hall–Kier alpha value is -3.36. The average Bonchev–Trinajstić information content (AvgIpc) is 3.28. The SMILES string of the molecule is COC(=O)CNC(=O)c1cnc(C2Cc3ccccc3N2C(=O)OC(C)(C)C)[nH]1. The molecule has 2 amide bonds. The maximum absolute atomic E-state index is 12.9. The molecular formula is C20H24N4O5. The van der Waals surface area contributed by atoms with Crippen molar-refractivity contribution in [1.29, 1.82) is 0 Å². The second kappa shape index (κ2) is 7.94. The van der Waals surface area contributed by atoms with Gasteiger partial charge in [-0.15, -0.1) is 0 Å². The fraction of sp³-hybridized carbons (Fsp3) is 0.400. The number of amides is 2. The van der Waals surface area contributed by atoms with Crippen molar-refractivity contribution >= 4 is 23.7 Å². The monoisotopic (exact) mass is 400 g/mol. The maximum atomic E-state index is 12.9. The van der Waals surface area contributed by atoms with E-state index in [1.165, 1.54) is 13.3 Å². The number of rotatable bonds is 4. The number of H-pyrrole nitrogens is 1. The summed E-state index contributed by atoms with van der Waals surface area (Å²) in [7, 11) is 1.24. The number of aromatic nitrogens is 2. The number of hydrogen-bond acceptors (Lipinski definition) is 6. The number of carbonyl (C=O) groups excluding carboxylic acids is 3. The van der Waals surface area contributed by atoms with E-state index in [-0.39, 0.29) is 12.2 Å². The second-order valence-corrected chi connectivity index (χ2v) is 7.64. The topological polar surface area (TPSA) is 114 Å². The fourth-order valence-electron chi connectivity index (χ4n) is 3.08. The molecule has 3 rings (SSSR count). The summed E-state index contributed by atoms with van der Waals surface area (Å²) in [6, 6.07) is 7.12. The Kier molecular flexibility index (Phi) is 5.58. The Morgan fingerprint density at radius 3 is 2.69 bits per heavy atom. The van der Waals surface area contributed by atoms with Crippen molar-refractivity contribution < 1.29 is 23.9 Å². The van der Waals surface area contributed by atoms with Crippen LogP contribution >= 0.6 is 0 Å². The number of nitrogens with one attached hydrogen (secondary N) is 2. The Bertz CT molecular complexity index is 931. The van der Waals surface area contributed by atoms with E-state index in [9.17, 15) is 14.4 Å². The number of para-hydroxylation sites is 1. The molecule has 2 heterocycles. The lowest BCUT2D eigenvalue weighted by Gasteiger charge is -2.28. The van der Waals surface area contributed by atoms with E-state index in [0.29, 0.717) is 12.2 Å². The molecule has 1 unspecified atom stereocenters. The van der Waals surface area contributed by atoms with Crippen LogP contribution in [-0.2, 0) is 20.7 Å². The molecule has 29 heavy (non-hydrogen) atoms. The number of anilines is 1. The highest BCUT2D eigenvalue weighted by Crippen LogP contribution is 2.40. The van der Waals surface area contributed by atoms with Crippen molar-refractivity contribution in [3.8, 4) is 0 Å². The van der Waals surface area contributed by atoms with Gasteiger partial charge in [0.05, 0.1) is 19.0 Å². The first-order chi connectivity index (χ1) is 13.7. The third kappa shape index (κ3) is 4.56. The summed E-state index contributed by atoms with van der Waals surface area (Å²) in [6.45, 7) is 5.16. The Labute approximate surface area is 168 Å². The number of hydrogen-bond donors (Lipinski definition) is 2. The van der Waals surface area contributed by atoms with E-state index in [4.69, 9.17) is 4.74 Å². The molecule has 0 aliphatic carbocycles. The van der Waals surface area contributed by atoms with Crippen LogP contribution in [0.25, 0.3) is 0 Å². The lowest BCUT2D eigenvalue weighted by molar-refractivity contribution is -0.139. The predicted molar refractivity (Wildman–Crippen MR) is 105 cm³/mol. The molecule has 2 N–H and O–H groups in total. The number of esters is 1. The van der Waals surface area contributed by atoms with E-state index >= 15 is 0 Å². The van der Waals surface area contributed by atoms with E-state index in [1.54, 1.807) is 25.7 Å². The third-order valence-electron chi connectivity index (χ3n) is 4.34. The first-order valence-electron chi connectivity index (χ1n) is 9.19. The van der Waals surface area contributed by atoms with Crippen LogP contribution in [0.5, 0.6) is 0 Å². The number of imidazole rings is 1. The van der Waals surface area contributed by atoms with Gasteiger partial charge in [-0.25, -0.2) is 9.78 Å². The zero-order valence-electron chi connectivity index (χ0n) is 16.8. The van der Waals surface area contributed by atoms with E-state index in [2.05, 4.69) is 20.0 Å². The molecule has 1 aromatic carbocycles. The number of fused-ring (bicyclic) bond motifs is 1. The largest absolute Gasteiger partial charge is 0.468 e. The highest BCUT2D eigenvalue weighted by Gasteiger charge is 2.39. The quantitative estimate of drug-likeness (QED) is 0.762. The smallest absolute Gasteiger partial charge is 0.415 e. The van der Waals surface area contributed by atoms with Gasteiger partial charge in [0.1, 0.15) is 29.7 Å². The lowest BCUT2D eigenvalue weighted by atomic mass is 10.1. The molecule has 0 saturated carbocycles. The van der Waals surface area contributed by atoms with Gasteiger partial charge < -0.3 is 19.8 Å². The molecule has 0 saturated heterocycles. The van der Waals surface area contributed by atoms with Crippen LogP contribution < -0.4 is 10.2 Å². The number of aromatic amines is 1. The third-order valence-corrected chi connectivity index (χ3v) is 4.34. The van der Waals surface area contributed by atoms with Crippen molar-refractivity contribution in [3.05, 3.63) is 47.5 Å². The van der Waals surface area contributed by atoms with Gasteiger partial charge in [0.15, 0.2) is 0 Å². The highest BCUT2D eigenvalue weighted by atomic mass is 16.6. The Morgan fingerprint density at radius 1 is 1.28 bits per heavy atom.